The molecule has 0 radical (unpaired) electrons. The molecule has 2 aromatic heterocycles. The number of hydrogen-bond acceptors (Lipinski definition) is 5. The first kappa shape index (κ1) is 14.5. The van der Waals surface area contributed by atoms with E-state index in [9.17, 15) is 9.18 Å². The van der Waals surface area contributed by atoms with Gasteiger partial charge in [-0.25, -0.2) is 9.18 Å². The molecule has 1 aromatic carbocycles. The van der Waals surface area contributed by atoms with Crippen LogP contribution in [0, 0.1) is 12.7 Å². The van der Waals surface area contributed by atoms with Gasteiger partial charge in [0.05, 0.1) is 13.1 Å². The second-order valence-corrected chi connectivity index (χ2v) is 5.83. The van der Waals surface area contributed by atoms with E-state index >= 15 is 0 Å². The lowest BCUT2D eigenvalue weighted by Gasteiger charge is -2.03. The monoisotopic (exact) mass is 320 g/mol. The zero-order valence-corrected chi connectivity index (χ0v) is 12.5. The number of fused-ring (bicyclic) bond motifs is 1. The van der Waals surface area contributed by atoms with Gasteiger partial charge in [0.2, 0.25) is 5.89 Å². The van der Waals surface area contributed by atoms with Crippen molar-refractivity contribution in [2.24, 2.45) is 0 Å². The van der Waals surface area contributed by atoms with Crippen LogP contribution in [0.4, 0.5) is 9.18 Å². The Kier molecular flexibility index (Phi) is 4.01. The number of halogens is 1. The molecule has 3 rings (SSSR count). The molecule has 0 atom stereocenters. The van der Waals surface area contributed by atoms with E-state index in [2.05, 4.69) is 20.8 Å². The summed E-state index contributed by atoms with van der Waals surface area (Å²) in [6.45, 7) is 2.25. The summed E-state index contributed by atoms with van der Waals surface area (Å²) in [4.78, 5) is 16.6. The van der Waals surface area contributed by atoms with Crippen LogP contribution < -0.4 is 10.6 Å². The van der Waals surface area contributed by atoms with Crippen molar-refractivity contribution >= 4 is 27.5 Å². The second kappa shape index (κ2) is 6.10. The highest BCUT2D eigenvalue weighted by atomic mass is 32.1. The first-order valence-electron chi connectivity index (χ1n) is 6.59. The molecule has 0 unspecified atom stereocenters. The van der Waals surface area contributed by atoms with Crippen molar-refractivity contribution in [3.8, 4) is 0 Å². The van der Waals surface area contributed by atoms with Crippen molar-refractivity contribution in [1.82, 2.24) is 20.8 Å². The molecular formula is C14H13FN4O2S. The molecule has 0 aliphatic heterocycles. The number of aryl methyl sites for hydroxylation is 1. The first-order valence-corrected chi connectivity index (χ1v) is 7.40. The Morgan fingerprint density at radius 3 is 2.91 bits per heavy atom. The predicted molar refractivity (Wildman–Crippen MR) is 79.9 cm³/mol. The maximum atomic E-state index is 13.1. The molecule has 0 aliphatic carbocycles. The number of hydrogen-bond donors (Lipinski definition) is 2. The molecule has 2 heterocycles. The Labute approximate surface area is 129 Å². The van der Waals surface area contributed by atoms with Crippen molar-refractivity contribution in [3.63, 3.8) is 0 Å². The summed E-state index contributed by atoms with van der Waals surface area (Å²) in [5.41, 5.74) is 0. The third-order valence-electron chi connectivity index (χ3n) is 2.92. The minimum atomic E-state index is -0.334. The number of carbonyl (C=O) groups excluding carboxylic acids is 1. The smallest absolute Gasteiger partial charge is 0.315 e. The Morgan fingerprint density at radius 2 is 2.14 bits per heavy atom. The van der Waals surface area contributed by atoms with Gasteiger partial charge in [-0.15, -0.1) is 11.3 Å². The molecular weight excluding hydrogens is 307 g/mol. The van der Waals surface area contributed by atoms with Gasteiger partial charge in [0.1, 0.15) is 5.82 Å². The van der Waals surface area contributed by atoms with E-state index in [1.54, 1.807) is 13.0 Å². The third-order valence-corrected chi connectivity index (χ3v) is 4.04. The van der Waals surface area contributed by atoms with Crippen LogP contribution in [-0.2, 0) is 13.1 Å². The second-order valence-electron chi connectivity index (χ2n) is 4.67. The normalized spacial score (nSPS) is 10.8. The lowest BCUT2D eigenvalue weighted by atomic mass is 10.2. The third kappa shape index (κ3) is 3.40. The molecule has 2 amide bonds. The average Bonchev–Trinajstić information content (AvgIpc) is 3.08. The van der Waals surface area contributed by atoms with Crippen molar-refractivity contribution in [3.05, 3.63) is 46.7 Å². The van der Waals surface area contributed by atoms with Gasteiger partial charge in [-0.2, -0.15) is 4.98 Å². The van der Waals surface area contributed by atoms with Crippen LogP contribution in [0.2, 0.25) is 0 Å². The quantitative estimate of drug-likeness (QED) is 0.774. The predicted octanol–water partition coefficient (Wildman–Crippen LogP) is 2.73. The highest BCUT2D eigenvalue weighted by molar-refractivity contribution is 7.19. The van der Waals surface area contributed by atoms with Gasteiger partial charge in [0.15, 0.2) is 5.82 Å². The Bertz CT molecular complexity index is 814. The summed E-state index contributed by atoms with van der Waals surface area (Å²) < 4.78 is 19.0. The van der Waals surface area contributed by atoms with Crippen LogP contribution in [0.1, 0.15) is 16.6 Å². The summed E-state index contributed by atoms with van der Waals surface area (Å²) in [5.74, 6) is 0.608. The van der Waals surface area contributed by atoms with E-state index in [-0.39, 0.29) is 18.4 Å². The summed E-state index contributed by atoms with van der Waals surface area (Å²) in [6.07, 6.45) is 0. The van der Waals surface area contributed by atoms with Gasteiger partial charge in [0, 0.05) is 9.58 Å². The first-order chi connectivity index (χ1) is 10.6. The number of carbonyl (C=O) groups is 1. The summed E-state index contributed by atoms with van der Waals surface area (Å²) in [6, 6.07) is 6.17. The maximum absolute atomic E-state index is 13.1. The Balaban J connectivity index is 1.53. The molecule has 0 spiro atoms. The number of thiophene rings is 1. The maximum Gasteiger partial charge on any atom is 0.315 e. The zero-order chi connectivity index (χ0) is 15.5. The van der Waals surface area contributed by atoms with E-state index in [0.717, 1.165) is 15.0 Å². The number of rotatable bonds is 4. The topological polar surface area (TPSA) is 80.0 Å². The van der Waals surface area contributed by atoms with Crippen LogP contribution >= 0.6 is 11.3 Å². The molecule has 0 saturated heterocycles. The van der Waals surface area contributed by atoms with Crippen molar-refractivity contribution in [1.29, 1.82) is 0 Å². The van der Waals surface area contributed by atoms with E-state index in [0.29, 0.717) is 18.3 Å². The number of aromatic nitrogens is 2. The van der Waals surface area contributed by atoms with Gasteiger partial charge in [-0.05, 0) is 36.6 Å². The lowest BCUT2D eigenvalue weighted by molar-refractivity contribution is 0.238. The number of urea groups is 1. The molecule has 0 saturated carbocycles. The van der Waals surface area contributed by atoms with Crippen LogP contribution in [0.5, 0.6) is 0 Å². The minimum Gasteiger partial charge on any atom is -0.337 e. The summed E-state index contributed by atoms with van der Waals surface area (Å²) in [5, 5.41) is 9.82. The molecule has 8 heteroatoms. The van der Waals surface area contributed by atoms with Crippen LogP contribution in [-0.4, -0.2) is 16.2 Å². The minimum absolute atomic E-state index is 0.171. The number of benzene rings is 1. The molecule has 0 fully saturated rings. The lowest BCUT2D eigenvalue weighted by Crippen LogP contribution is -2.34. The van der Waals surface area contributed by atoms with Crippen molar-refractivity contribution in [2.45, 2.75) is 20.0 Å². The van der Waals surface area contributed by atoms with Gasteiger partial charge in [-0.1, -0.05) is 5.16 Å². The van der Waals surface area contributed by atoms with Gasteiger partial charge in [-0.3, -0.25) is 0 Å². The fourth-order valence-electron chi connectivity index (χ4n) is 1.95. The molecule has 114 valence electrons. The van der Waals surface area contributed by atoms with E-state index in [1.807, 2.05) is 6.07 Å². The van der Waals surface area contributed by atoms with Crippen molar-refractivity contribution < 1.29 is 13.7 Å². The molecule has 0 bridgehead atoms. The van der Waals surface area contributed by atoms with Crippen molar-refractivity contribution in [2.75, 3.05) is 0 Å². The van der Waals surface area contributed by atoms with E-state index in [1.165, 1.54) is 23.5 Å². The zero-order valence-electron chi connectivity index (χ0n) is 11.7. The van der Waals surface area contributed by atoms with E-state index < -0.39 is 0 Å². The Morgan fingerprint density at radius 1 is 1.32 bits per heavy atom. The van der Waals surface area contributed by atoms with Crippen LogP contribution in [0.15, 0.2) is 28.8 Å². The highest BCUT2D eigenvalue weighted by Crippen LogP contribution is 2.26. The summed E-state index contributed by atoms with van der Waals surface area (Å²) in [7, 11) is 0. The summed E-state index contributed by atoms with van der Waals surface area (Å²) >= 11 is 1.52. The number of amides is 2. The molecule has 22 heavy (non-hydrogen) atoms. The fraction of sp³-hybridized carbons (Fsp3) is 0.214. The average molecular weight is 320 g/mol. The Hall–Kier alpha value is -2.48. The molecule has 6 nitrogen and oxygen atoms in total. The number of nitrogens with one attached hydrogen (secondary N) is 2. The SMILES string of the molecule is Cc1noc(CNC(=O)NCc2cc3cc(F)ccc3s2)n1. The molecule has 0 aliphatic rings. The standard InChI is InChI=1S/C14H13FN4O2S/c1-8-18-13(21-19-8)7-17-14(20)16-6-11-5-9-4-10(15)2-3-12(9)22-11/h2-5H,6-7H2,1H3,(H2,16,17,20). The van der Waals surface area contributed by atoms with Gasteiger partial charge in [0.25, 0.3) is 0 Å². The van der Waals surface area contributed by atoms with Gasteiger partial charge < -0.3 is 15.2 Å². The highest BCUT2D eigenvalue weighted by Gasteiger charge is 2.07. The van der Waals surface area contributed by atoms with Crippen LogP contribution in [0.3, 0.4) is 0 Å². The molecule has 2 N–H and O–H groups in total. The number of nitrogens with zero attached hydrogens (tertiary/aromatic N) is 2. The van der Waals surface area contributed by atoms with Gasteiger partial charge >= 0.3 is 6.03 Å². The van der Waals surface area contributed by atoms with Crippen LogP contribution in [0.25, 0.3) is 10.1 Å². The molecule has 3 aromatic rings. The largest absolute Gasteiger partial charge is 0.337 e. The fourth-order valence-corrected chi connectivity index (χ4v) is 2.94. The van der Waals surface area contributed by atoms with E-state index in [4.69, 9.17) is 4.52 Å².